The highest BCUT2D eigenvalue weighted by Gasteiger charge is 2.46. The summed E-state index contributed by atoms with van der Waals surface area (Å²) >= 11 is 0. The zero-order valence-electron chi connectivity index (χ0n) is 25.6. The van der Waals surface area contributed by atoms with Crippen LogP contribution in [0, 0.1) is 19.8 Å². The molecule has 1 aliphatic rings. The lowest BCUT2D eigenvalue weighted by Crippen LogP contribution is -2.41. The molecule has 1 aromatic heterocycles. The third kappa shape index (κ3) is 7.59. The van der Waals surface area contributed by atoms with E-state index in [0.29, 0.717) is 33.2 Å². The van der Waals surface area contributed by atoms with Crippen molar-refractivity contribution < 1.29 is 26.7 Å². The topological polar surface area (TPSA) is 156 Å². The first-order valence-corrected chi connectivity index (χ1v) is 17.4. The number of aryl methyl sites for hydroxylation is 1. The Morgan fingerprint density at radius 3 is 1.74 bits per heavy atom. The van der Waals surface area contributed by atoms with Crippen molar-refractivity contribution in [3.63, 3.8) is 0 Å². The van der Waals surface area contributed by atoms with Gasteiger partial charge in [-0.25, -0.2) is 23.2 Å². The van der Waals surface area contributed by atoms with Crippen LogP contribution < -0.4 is 20.5 Å². The van der Waals surface area contributed by atoms with Gasteiger partial charge in [0.05, 0.1) is 32.8 Å². The summed E-state index contributed by atoms with van der Waals surface area (Å²) in [6.07, 6.45) is 0.228. The molecule has 0 spiro atoms. The van der Waals surface area contributed by atoms with Crippen LogP contribution in [0.4, 0.5) is 22.9 Å². The SMILES string of the molecule is Cc1noc(NS(=O)(=O)c2ccc(N)cc2)c1C.O=C1C(CCS(=O)c2ccccc2)C(=O)N(c2ccccc2)N1c1ccccc1. The summed E-state index contributed by atoms with van der Waals surface area (Å²) < 4.78 is 43.9. The Morgan fingerprint density at radius 1 is 0.787 bits per heavy atom. The maximum atomic E-state index is 13.2. The minimum absolute atomic E-state index is 0.116. The van der Waals surface area contributed by atoms with E-state index in [-0.39, 0.29) is 34.8 Å². The maximum absolute atomic E-state index is 13.2. The van der Waals surface area contributed by atoms with Gasteiger partial charge in [0.25, 0.3) is 21.8 Å². The lowest BCUT2D eigenvalue weighted by molar-refractivity contribution is -0.127. The van der Waals surface area contributed by atoms with Gasteiger partial charge < -0.3 is 10.3 Å². The van der Waals surface area contributed by atoms with E-state index in [0.717, 1.165) is 0 Å². The molecular formula is C34H33N5O6S2. The van der Waals surface area contributed by atoms with Crippen molar-refractivity contribution in [2.45, 2.75) is 30.1 Å². The van der Waals surface area contributed by atoms with Crippen molar-refractivity contribution in [2.24, 2.45) is 5.92 Å². The summed E-state index contributed by atoms with van der Waals surface area (Å²) in [6, 6.07) is 33.2. The van der Waals surface area contributed by atoms with Gasteiger partial charge in [0.15, 0.2) is 0 Å². The number of carbonyl (C=O) groups is 2. The summed E-state index contributed by atoms with van der Waals surface area (Å²) in [5, 5.41) is 6.53. The van der Waals surface area contributed by atoms with E-state index in [4.69, 9.17) is 10.3 Å². The molecule has 2 amide bonds. The average molecular weight is 672 g/mol. The van der Waals surface area contributed by atoms with E-state index in [1.807, 2.05) is 54.6 Å². The van der Waals surface area contributed by atoms with Crippen LogP contribution in [0.15, 0.2) is 130 Å². The Hall–Kier alpha value is -5.27. The summed E-state index contributed by atoms with van der Waals surface area (Å²) in [4.78, 5) is 27.2. The quantitative estimate of drug-likeness (QED) is 0.154. The van der Waals surface area contributed by atoms with Crippen LogP contribution >= 0.6 is 0 Å². The van der Waals surface area contributed by atoms with Crippen molar-refractivity contribution >= 4 is 55.6 Å². The second-order valence-corrected chi connectivity index (χ2v) is 13.8. The summed E-state index contributed by atoms with van der Waals surface area (Å²) in [7, 11) is -4.94. The fourth-order valence-corrected chi connectivity index (χ4v) is 6.92. The summed E-state index contributed by atoms with van der Waals surface area (Å²) in [5.74, 6) is -1.07. The number of hydrazine groups is 1. The van der Waals surface area contributed by atoms with E-state index in [2.05, 4.69) is 9.88 Å². The first-order valence-electron chi connectivity index (χ1n) is 14.6. The molecule has 1 unspecified atom stereocenters. The zero-order chi connectivity index (χ0) is 33.6. The molecule has 0 saturated carbocycles. The normalized spacial score (nSPS) is 14.1. The first-order chi connectivity index (χ1) is 22.6. The van der Waals surface area contributed by atoms with Crippen LogP contribution in [0.5, 0.6) is 0 Å². The predicted octanol–water partition coefficient (Wildman–Crippen LogP) is 5.47. The Labute approximate surface area is 275 Å². The fraction of sp³-hybridized carbons (Fsp3) is 0.147. The Morgan fingerprint density at radius 2 is 1.28 bits per heavy atom. The number of nitrogens with two attached hydrogens (primary N) is 1. The van der Waals surface area contributed by atoms with Gasteiger partial charge >= 0.3 is 0 Å². The van der Waals surface area contributed by atoms with Gasteiger partial charge in [-0.1, -0.05) is 59.8 Å². The van der Waals surface area contributed by atoms with Crippen molar-refractivity contribution in [3.8, 4) is 0 Å². The number of benzene rings is 4. The summed E-state index contributed by atoms with van der Waals surface area (Å²) in [6.45, 7) is 3.46. The standard InChI is InChI=1S/C23H20N2O3S.C11H13N3O3S/c26-22-21(16-17-29(28)20-14-8-3-9-15-20)23(27)25(19-12-6-2-7-13-19)24(22)18-10-4-1-5-11-18;1-7-8(2)13-17-11(7)14-18(15,16)10-5-3-9(12)4-6-10/h1-15,21H,16-17H2;3-6,14H,12H2,1-2H3. The zero-order valence-corrected chi connectivity index (χ0v) is 27.3. The fourth-order valence-electron chi connectivity index (χ4n) is 4.72. The number of hydrogen-bond donors (Lipinski definition) is 2. The molecule has 1 aliphatic heterocycles. The third-order valence-corrected chi connectivity index (χ3v) is 10.1. The Balaban J connectivity index is 0.000000207. The lowest BCUT2D eigenvalue weighted by atomic mass is 10.1. The van der Waals surface area contributed by atoms with Gasteiger partial charge in [0.1, 0.15) is 5.92 Å². The smallest absolute Gasteiger partial charge is 0.264 e. The molecule has 0 aliphatic carbocycles. The van der Waals surface area contributed by atoms with Gasteiger partial charge in [-0.05, 0) is 80.9 Å². The number of amides is 2. The number of para-hydroxylation sites is 2. The van der Waals surface area contributed by atoms with Crippen LogP contribution in [-0.2, 0) is 30.4 Å². The number of nitrogen functional groups attached to an aromatic ring is 1. The first kappa shape index (κ1) is 33.1. The van der Waals surface area contributed by atoms with E-state index in [1.165, 1.54) is 34.3 Å². The van der Waals surface area contributed by atoms with Gasteiger partial charge in [0, 0.05) is 21.9 Å². The molecule has 11 nitrogen and oxygen atoms in total. The Kier molecular flexibility index (Phi) is 10.2. The van der Waals surface area contributed by atoms with Crippen LogP contribution in [0.1, 0.15) is 17.7 Å². The molecule has 13 heteroatoms. The van der Waals surface area contributed by atoms with Gasteiger partial charge in [-0.2, -0.15) is 0 Å². The monoisotopic (exact) mass is 671 g/mol. The average Bonchev–Trinajstić information content (AvgIpc) is 3.53. The number of anilines is 4. The number of carbonyl (C=O) groups excluding carboxylic acids is 2. The number of hydrogen-bond acceptors (Lipinski definition) is 8. The highest BCUT2D eigenvalue weighted by atomic mass is 32.2. The van der Waals surface area contributed by atoms with Crippen molar-refractivity contribution in [2.75, 3.05) is 26.2 Å². The number of sulfonamides is 1. The van der Waals surface area contributed by atoms with E-state index >= 15 is 0 Å². The number of nitrogens with one attached hydrogen (secondary N) is 1. The predicted molar refractivity (Wildman–Crippen MR) is 181 cm³/mol. The number of rotatable bonds is 9. The van der Waals surface area contributed by atoms with E-state index < -0.39 is 26.7 Å². The molecule has 3 N–H and O–H groups in total. The van der Waals surface area contributed by atoms with Gasteiger partial charge in [-0.3, -0.25) is 13.8 Å². The molecule has 1 fully saturated rings. The van der Waals surface area contributed by atoms with Crippen molar-refractivity contribution in [3.05, 3.63) is 127 Å². The van der Waals surface area contributed by atoms with Crippen LogP contribution in [0.3, 0.4) is 0 Å². The van der Waals surface area contributed by atoms with Gasteiger partial charge in [0.2, 0.25) is 5.88 Å². The molecular weight excluding hydrogens is 639 g/mol. The third-order valence-electron chi connectivity index (χ3n) is 7.39. The van der Waals surface area contributed by atoms with Crippen LogP contribution in [0.2, 0.25) is 0 Å². The molecule has 1 saturated heterocycles. The molecule has 6 rings (SSSR count). The molecule has 242 valence electrons. The largest absolute Gasteiger partial charge is 0.399 e. The Bertz CT molecular complexity index is 1910. The minimum atomic E-state index is -3.68. The molecule has 1 atom stereocenters. The molecule has 0 bridgehead atoms. The summed E-state index contributed by atoms with van der Waals surface area (Å²) in [5.41, 5.74) is 8.56. The van der Waals surface area contributed by atoms with Crippen LogP contribution in [0.25, 0.3) is 0 Å². The van der Waals surface area contributed by atoms with Gasteiger partial charge in [-0.15, -0.1) is 0 Å². The minimum Gasteiger partial charge on any atom is -0.399 e. The van der Waals surface area contributed by atoms with Crippen molar-refractivity contribution in [1.82, 2.24) is 5.16 Å². The number of nitrogens with zero attached hydrogens (tertiary/aromatic N) is 3. The van der Waals surface area contributed by atoms with E-state index in [1.54, 1.807) is 50.2 Å². The number of aromatic nitrogens is 1. The molecule has 4 aromatic carbocycles. The second-order valence-electron chi connectivity index (χ2n) is 10.6. The lowest BCUT2D eigenvalue weighted by Gasteiger charge is -2.27. The molecule has 47 heavy (non-hydrogen) atoms. The van der Waals surface area contributed by atoms with Crippen molar-refractivity contribution in [1.29, 1.82) is 0 Å². The maximum Gasteiger partial charge on any atom is 0.264 e. The molecule has 0 radical (unpaired) electrons. The molecule has 2 heterocycles. The van der Waals surface area contributed by atoms with Crippen LogP contribution in [-0.4, -0.2) is 35.4 Å². The highest BCUT2D eigenvalue weighted by molar-refractivity contribution is 7.92. The highest BCUT2D eigenvalue weighted by Crippen LogP contribution is 2.33. The molecule has 5 aromatic rings. The van der Waals surface area contributed by atoms with E-state index in [9.17, 15) is 22.2 Å². The second kappa shape index (κ2) is 14.4.